The molecule has 2 fully saturated rings. The van der Waals surface area contributed by atoms with Crippen LogP contribution < -0.4 is 15.2 Å². The summed E-state index contributed by atoms with van der Waals surface area (Å²) in [4.78, 5) is 31.8. The molecule has 2 aliphatic rings. The van der Waals surface area contributed by atoms with Crippen molar-refractivity contribution in [3.05, 3.63) is 69.6 Å². The number of hydrogen-bond acceptors (Lipinski definition) is 6. The van der Waals surface area contributed by atoms with Crippen molar-refractivity contribution in [1.82, 2.24) is 4.90 Å². The van der Waals surface area contributed by atoms with Crippen molar-refractivity contribution in [3.8, 4) is 0 Å². The molecule has 8 heteroatoms. The quantitative estimate of drug-likeness (QED) is 0.584. The Balaban J connectivity index is 1.68. The van der Waals surface area contributed by atoms with E-state index in [-0.39, 0.29) is 23.2 Å². The average molecular weight is 466 g/mol. The first kappa shape index (κ1) is 22.4. The van der Waals surface area contributed by atoms with Crippen LogP contribution in [-0.2, 0) is 4.74 Å². The molecule has 2 saturated heterocycles. The first-order chi connectivity index (χ1) is 16.4. The van der Waals surface area contributed by atoms with Crippen LogP contribution in [0.15, 0.2) is 51.7 Å². The zero-order chi connectivity index (χ0) is 23.8. The van der Waals surface area contributed by atoms with Gasteiger partial charge in [0.15, 0.2) is 11.3 Å². The lowest BCUT2D eigenvalue weighted by Crippen LogP contribution is -2.36. The molecule has 1 unspecified atom stereocenters. The Bertz CT molecular complexity index is 1270. The van der Waals surface area contributed by atoms with Gasteiger partial charge in [0.1, 0.15) is 11.4 Å². The minimum Gasteiger partial charge on any atom is -0.440 e. The third-order valence-corrected chi connectivity index (χ3v) is 6.59. The van der Waals surface area contributed by atoms with Gasteiger partial charge in [0.2, 0.25) is 0 Å². The van der Waals surface area contributed by atoms with Crippen molar-refractivity contribution < 1.29 is 18.3 Å². The van der Waals surface area contributed by atoms with Crippen molar-refractivity contribution in [2.24, 2.45) is 0 Å². The molecular formula is C26H28FN3O4. The van der Waals surface area contributed by atoms with Gasteiger partial charge in [-0.2, -0.15) is 0 Å². The fourth-order valence-electron chi connectivity index (χ4n) is 4.87. The maximum Gasteiger partial charge on any atom is 0.253 e. The summed E-state index contributed by atoms with van der Waals surface area (Å²) in [5, 5.41) is 0.394. The molecule has 0 saturated carbocycles. The fraction of sp³-hybridized carbons (Fsp3) is 0.385. The van der Waals surface area contributed by atoms with Crippen LogP contribution in [0.1, 0.15) is 34.8 Å². The second-order valence-corrected chi connectivity index (χ2v) is 9.02. The lowest BCUT2D eigenvalue weighted by molar-refractivity contribution is 0.0827. The summed E-state index contributed by atoms with van der Waals surface area (Å²) in [5.41, 5.74) is 2.47. The first-order valence-electron chi connectivity index (χ1n) is 11.6. The van der Waals surface area contributed by atoms with Gasteiger partial charge in [-0.25, -0.2) is 4.39 Å². The molecule has 1 atom stereocenters. The monoisotopic (exact) mass is 465 g/mol. The number of halogens is 1. The third kappa shape index (κ3) is 4.14. The molecule has 2 aliphatic heterocycles. The van der Waals surface area contributed by atoms with E-state index in [0.717, 1.165) is 30.6 Å². The highest BCUT2D eigenvalue weighted by molar-refractivity contribution is 5.98. The van der Waals surface area contributed by atoms with Crippen LogP contribution in [0.4, 0.5) is 16.0 Å². The van der Waals surface area contributed by atoms with Gasteiger partial charge < -0.3 is 23.9 Å². The number of carbonyl (C=O) groups is 1. The molecule has 0 spiro atoms. The number of carbonyl (C=O) groups excluding carboxylic acids is 1. The van der Waals surface area contributed by atoms with E-state index in [9.17, 15) is 14.0 Å². The van der Waals surface area contributed by atoms with Gasteiger partial charge in [0.25, 0.3) is 5.91 Å². The number of ether oxygens (including phenoxy) is 1. The topological polar surface area (TPSA) is 66.2 Å². The molecule has 1 amide bonds. The van der Waals surface area contributed by atoms with Crippen molar-refractivity contribution in [1.29, 1.82) is 0 Å². The van der Waals surface area contributed by atoms with E-state index in [1.54, 1.807) is 32.3 Å². The Morgan fingerprint density at radius 2 is 1.79 bits per heavy atom. The second-order valence-electron chi connectivity index (χ2n) is 9.02. The predicted octanol–water partition coefficient (Wildman–Crippen LogP) is 3.81. The maximum absolute atomic E-state index is 13.6. The van der Waals surface area contributed by atoms with Crippen LogP contribution in [0.25, 0.3) is 11.0 Å². The largest absolute Gasteiger partial charge is 0.440 e. The summed E-state index contributed by atoms with van der Waals surface area (Å²) < 4.78 is 25.4. The van der Waals surface area contributed by atoms with Crippen LogP contribution in [0, 0.1) is 5.82 Å². The standard InChI is InChI=1S/C26H28FN3O4/c1-28(2)26(32)17-14-20(22-4-3-9-30(22)19-7-5-18(27)6-8-19)25-21(15-17)23(31)16-24(34-25)29-10-12-33-13-11-29/h5-8,14-16,22H,3-4,9-13H2,1-2H3. The van der Waals surface area contributed by atoms with Crippen molar-refractivity contribution in [2.45, 2.75) is 18.9 Å². The molecule has 5 rings (SSSR count). The number of rotatable bonds is 4. The van der Waals surface area contributed by atoms with Crippen molar-refractivity contribution >= 4 is 28.4 Å². The Morgan fingerprint density at radius 1 is 1.06 bits per heavy atom. The van der Waals surface area contributed by atoms with Gasteiger partial charge in [-0.3, -0.25) is 9.59 Å². The smallest absolute Gasteiger partial charge is 0.253 e. The average Bonchev–Trinajstić information content (AvgIpc) is 3.33. The normalized spacial score (nSPS) is 18.5. The summed E-state index contributed by atoms with van der Waals surface area (Å²) in [6.07, 6.45) is 1.76. The number of morpholine rings is 1. The summed E-state index contributed by atoms with van der Waals surface area (Å²) in [6.45, 7) is 3.23. The van der Waals surface area contributed by atoms with Gasteiger partial charge in [0.05, 0.1) is 24.6 Å². The summed E-state index contributed by atoms with van der Waals surface area (Å²) in [5.74, 6) is 0.0517. The lowest BCUT2D eigenvalue weighted by Gasteiger charge is -2.29. The van der Waals surface area contributed by atoms with E-state index in [4.69, 9.17) is 9.15 Å². The Kier molecular flexibility index (Phi) is 6.00. The van der Waals surface area contributed by atoms with Crippen LogP contribution in [0.5, 0.6) is 0 Å². The van der Waals surface area contributed by atoms with Crippen molar-refractivity contribution in [3.63, 3.8) is 0 Å². The van der Waals surface area contributed by atoms with E-state index in [1.807, 2.05) is 11.0 Å². The van der Waals surface area contributed by atoms with Gasteiger partial charge in [0, 0.05) is 56.6 Å². The molecule has 0 aliphatic carbocycles. The molecule has 3 heterocycles. The molecule has 0 bridgehead atoms. The van der Waals surface area contributed by atoms with Gasteiger partial charge in [-0.05, 0) is 49.2 Å². The number of nitrogens with zero attached hydrogens (tertiary/aromatic N) is 3. The van der Waals surface area contributed by atoms with E-state index in [1.165, 1.54) is 23.1 Å². The van der Waals surface area contributed by atoms with Gasteiger partial charge in [-0.1, -0.05) is 0 Å². The zero-order valence-corrected chi connectivity index (χ0v) is 19.4. The van der Waals surface area contributed by atoms with E-state index >= 15 is 0 Å². The Morgan fingerprint density at radius 3 is 2.50 bits per heavy atom. The predicted molar refractivity (Wildman–Crippen MR) is 129 cm³/mol. The first-order valence-corrected chi connectivity index (χ1v) is 11.6. The number of amides is 1. The van der Waals surface area contributed by atoms with E-state index < -0.39 is 0 Å². The lowest BCUT2D eigenvalue weighted by atomic mass is 9.97. The van der Waals surface area contributed by atoms with Crippen LogP contribution in [-0.4, -0.2) is 57.8 Å². The highest BCUT2D eigenvalue weighted by Gasteiger charge is 2.31. The number of anilines is 2. The molecule has 34 heavy (non-hydrogen) atoms. The molecule has 7 nitrogen and oxygen atoms in total. The SMILES string of the molecule is CN(C)C(=O)c1cc(C2CCCN2c2ccc(F)cc2)c2oc(N3CCOCC3)cc(=O)c2c1. The summed E-state index contributed by atoms with van der Waals surface area (Å²) in [6, 6.07) is 11.3. The summed E-state index contributed by atoms with van der Waals surface area (Å²) in [7, 11) is 3.38. The Labute approximate surface area is 197 Å². The second kappa shape index (κ2) is 9.10. The highest BCUT2D eigenvalue weighted by atomic mass is 19.1. The minimum atomic E-state index is -0.287. The van der Waals surface area contributed by atoms with E-state index in [2.05, 4.69) is 4.90 Å². The van der Waals surface area contributed by atoms with Crippen LogP contribution >= 0.6 is 0 Å². The molecule has 178 valence electrons. The zero-order valence-electron chi connectivity index (χ0n) is 19.4. The Hall–Kier alpha value is -3.39. The molecule has 2 aromatic carbocycles. The molecular weight excluding hydrogens is 437 g/mol. The molecule has 3 aromatic rings. The molecule has 0 N–H and O–H groups in total. The maximum atomic E-state index is 13.6. The summed E-state index contributed by atoms with van der Waals surface area (Å²) >= 11 is 0. The molecule has 0 radical (unpaired) electrons. The van der Waals surface area contributed by atoms with Gasteiger partial charge in [-0.15, -0.1) is 0 Å². The van der Waals surface area contributed by atoms with E-state index in [0.29, 0.717) is 48.7 Å². The third-order valence-electron chi connectivity index (χ3n) is 6.59. The molecule has 1 aromatic heterocycles. The highest BCUT2D eigenvalue weighted by Crippen LogP contribution is 2.40. The van der Waals surface area contributed by atoms with Gasteiger partial charge >= 0.3 is 0 Å². The number of fused-ring (bicyclic) bond motifs is 1. The number of hydrogen-bond donors (Lipinski definition) is 0. The minimum absolute atomic E-state index is 0.106. The van der Waals surface area contributed by atoms with Crippen molar-refractivity contribution in [2.75, 3.05) is 56.7 Å². The fourth-order valence-corrected chi connectivity index (χ4v) is 4.87. The number of benzene rings is 2. The van der Waals surface area contributed by atoms with Crippen LogP contribution in [0.2, 0.25) is 0 Å². The van der Waals surface area contributed by atoms with Crippen LogP contribution in [0.3, 0.4) is 0 Å².